The zero-order valence-corrected chi connectivity index (χ0v) is 12.8. The molecule has 0 aliphatic carbocycles. The van der Waals surface area contributed by atoms with Crippen molar-refractivity contribution in [2.24, 2.45) is 0 Å². The number of ether oxygens (including phenoxy) is 4. The molecule has 0 spiro atoms. The van der Waals surface area contributed by atoms with E-state index in [1.54, 1.807) is 18.2 Å². The second-order valence-electron chi connectivity index (χ2n) is 5.28. The van der Waals surface area contributed by atoms with E-state index in [1.165, 1.54) is 13.0 Å². The molecule has 23 heavy (non-hydrogen) atoms. The molecule has 0 unspecified atom stereocenters. The van der Waals surface area contributed by atoms with Crippen LogP contribution in [0.2, 0.25) is 0 Å². The Hall–Kier alpha value is -2.09. The highest BCUT2D eigenvalue weighted by molar-refractivity contribution is 5.85. The number of rotatable bonds is 4. The van der Waals surface area contributed by atoms with Crippen LogP contribution in [-0.2, 0) is 14.3 Å². The lowest BCUT2D eigenvalue weighted by Gasteiger charge is -2.26. The van der Waals surface area contributed by atoms with E-state index in [2.05, 4.69) is 5.32 Å². The van der Waals surface area contributed by atoms with Crippen LogP contribution in [0.4, 0.5) is 0 Å². The maximum atomic E-state index is 11.5. The lowest BCUT2D eigenvalue weighted by Crippen LogP contribution is -2.35. The minimum Gasteiger partial charge on any atom is -0.454 e. The van der Waals surface area contributed by atoms with Crippen LogP contribution in [0.15, 0.2) is 24.3 Å². The van der Waals surface area contributed by atoms with Crippen LogP contribution in [-0.4, -0.2) is 43.4 Å². The topological polar surface area (TPSA) is 86.3 Å². The molecule has 124 valence electrons. The summed E-state index contributed by atoms with van der Waals surface area (Å²) in [7, 11) is 0. The highest BCUT2D eigenvalue weighted by Crippen LogP contribution is 2.34. The molecule has 1 fully saturated rings. The van der Waals surface area contributed by atoms with Crippen LogP contribution in [0.3, 0.4) is 0 Å². The van der Waals surface area contributed by atoms with E-state index < -0.39 is 12.4 Å². The number of benzene rings is 1. The Bertz CT molecular complexity index is 609. The molecular formula is C16H19NO6. The van der Waals surface area contributed by atoms with Gasteiger partial charge in [-0.05, 0) is 30.7 Å². The number of carbonyl (C=O) groups is 1. The smallest absolute Gasteiger partial charge is 0.231 e. The average molecular weight is 321 g/mol. The van der Waals surface area contributed by atoms with Crippen molar-refractivity contribution in [2.45, 2.75) is 25.7 Å². The first kappa shape index (κ1) is 15.8. The summed E-state index contributed by atoms with van der Waals surface area (Å²) in [5, 5.41) is 13.0. The quantitative estimate of drug-likeness (QED) is 0.861. The normalized spacial score (nSPS) is 19.5. The number of fused-ring (bicyclic) bond motifs is 1. The molecule has 0 aromatic heterocycles. The predicted molar refractivity (Wildman–Crippen MR) is 80.7 cm³/mol. The summed E-state index contributed by atoms with van der Waals surface area (Å²) in [6, 6.07) is 5.29. The number of amides is 1. The predicted octanol–water partition coefficient (Wildman–Crippen LogP) is 1.02. The van der Waals surface area contributed by atoms with Gasteiger partial charge in [0.05, 0.1) is 13.2 Å². The molecule has 2 N–H and O–H groups in total. The molecule has 0 saturated carbocycles. The van der Waals surface area contributed by atoms with Gasteiger partial charge in [0, 0.05) is 18.2 Å². The standard InChI is InChI=1S/C16H19NO6/c1-10(18)17-12(8-13(19)16-20-5-2-6-21-16)11-3-4-14-15(7-11)23-9-22-14/h3-4,7-8,13,16,19H,2,5-6,9H2,1H3,(H,17,18)/b12-8-/t13-/m0/s1. The van der Waals surface area contributed by atoms with Crippen LogP contribution < -0.4 is 14.8 Å². The zero-order valence-electron chi connectivity index (χ0n) is 12.8. The van der Waals surface area contributed by atoms with Crippen molar-refractivity contribution in [3.63, 3.8) is 0 Å². The molecule has 1 aromatic rings. The van der Waals surface area contributed by atoms with E-state index in [9.17, 15) is 9.90 Å². The highest BCUT2D eigenvalue weighted by atomic mass is 16.7. The fourth-order valence-electron chi connectivity index (χ4n) is 2.42. The summed E-state index contributed by atoms with van der Waals surface area (Å²) >= 11 is 0. The van der Waals surface area contributed by atoms with Crippen LogP contribution >= 0.6 is 0 Å². The van der Waals surface area contributed by atoms with Gasteiger partial charge in [-0.3, -0.25) is 4.79 Å². The van der Waals surface area contributed by atoms with Gasteiger partial charge in [-0.2, -0.15) is 0 Å². The summed E-state index contributed by atoms with van der Waals surface area (Å²) < 4.78 is 21.4. The van der Waals surface area contributed by atoms with Crippen molar-refractivity contribution in [3.05, 3.63) is 29.8 Å². The molecule has 1 saturated heterocycles. The Morgan fingerprint density at radius 3 is 2.78 bits per heavy atom. The van der Waals surface area contributed by atoms with Gasteiger partial charge >= 0.3 is 0 Å². The Morgan fingerprint density at radius 2 is 2.04 bits per heavy atom. The minimum atomic E-state index is -0.998. The van der Waals surface area contributed by atoms with E-state index in [-0.39, 0.29) is 12.7 Å². The summed E-state index contributed by atoms with van der Waals surface area (Å²) in [5.41, 5.74) is 1.15. The summed E-state index contributed by atoms with van der Waals surface area (Å²) in [5.74, 6) is 1.00. The maximum Gasteiger partial charge on any atom is 0.231 e. The summed E-state index contributed by atoms with van der Waals surface area (Å²) in [6.07, 6.45) is 0.576. The van der Waals surface area contributed by atoms with Crippen molar-refractivity contribution in [1.29, 1.82) is 0 Å². The van der Waals surface area contributed by atoms with Crippen LogP contribution in [0.1, 0.15) is 18.9 Å². The molecular weight excluding hydrogens is 302 g/mol. The van der Waals surface area contributed by atoms with E-state index in [0.717, 1.165) is 6.42 Å². The third-order valence-electron chi connectivity index (χ3n) is 3.46. The number of carbonyl (C=O) groups excluding carboxylic acids is 1. The molecule has 1 atom stereocenters. The van der Waals surface area contributed by atoms with E-state index >= 15 is 0 Å². The number of aliphatic hydroxyl groups is 1. The van der Waals surface area contributed by atoms with Crippen LogP contribution in [0, 0.1) is 0 Å². The maximum absolute atomic E-state index is 11.5. The third-order valence-corrected chi connectivity index (χ3v) is 3.46. The fourth-order valence-corrected chi connectivity index (χ4v) is 2.42. The van der Waals surface area contributed by atoms with E-state index in [1.807, 2.05) is 0 Å². The summed E-state index contributed by atoms with van der Waals surface area (Å²) in [6.45, 7) is 2.65. The first-order valence-electron chi connectivity index (χ1n) is 7.44. The number of aliphatic hydroxyl groups excluding tert-OH is 1. The molecule has 0 bridgehead atoms. The number of hydrogen-bond acceptors (Lipinski definition) is 6. The van der Waals surface area contributed by atoms with Gasteiger partial charge in [0.2, 0.25) is 12.7 Å². The third kappa shape index (κ3) is 3.82. The van der Waals surface area contributed by atoms with Crippen LogP contribution in [0.5, 0.6) is 11.5 Å². The SMILES string of the molecule is CC(=O)N/C(=C\[C@H](O)C1OCCCO1)c1ccc2c(c1)OCO2. The molecule has 7 heteroatoms. The van der Waals surface area contributed by atoms with Gasteiger partial charge in [-0.1, -0.05) is 0 Å². The summed E-state index contributed by atoms with van der Waals surface area (Å²) in [4.78, 5) is 11.5. The van der Waals surface area contributed by atoms with Crippen LogP contribution in [0.25, 0.3) is 5.70 Å². The second kappa shape index (κ2) is 6.99. The molecule has 2 aliphatic rings. The molecule has 0 radical (unpaired) electrons. The largest absolute Gasteiger partial charge is 0.454 e. The van der Waals surface area contributed by atoms with E-state index in [4.69, 9.17) is 18.9 Å². The number of nitrogens with one attached hydrogen (secondary N) is 1. The highest BCUT2D eigenvalue weighted by Gasteiger charge is 2.23. The molecule has 2 heterocycles. The molecule has 3 rings (SSSR count). The van der Waals surface area contributed by atoms with Crippen molar-refractivity contribution in [3.8, 4) is 11.5 Å². The minimum absolute atomic E-state index is 0.171. The Kier molecular flexibility index (Phi) is 4.80. The van der Waals surface area contributed by atoms with Gasteiger partial charge in [-0.25, -0.2) is 0 Å². The van der Waals surface area contributed by atoms with Gasteiger partial charge in [0.25, 0.3) is 0 Å². The molecule has 1 amide bonds. The van der Waals surface area contributed by atoms with Crippen molar-refractivity contribution in [2.75, 3.05) is 20.0 Å². The lowest BCUT2D eigenvalue weighted by atomic mass is 10.1. The number of hydrogen-bond donors (Lipinski definition) is 2. The average Bonchev–Trinajstić information content (AvgIpc) is 3.02. The zero-order chi connectivity index (χ0) is 16.2. The monoisotopic (exact) mass is 321 g/mol. The Balaban J connectivity index is 1.84. The van der Waals surface area contributed by atoms with Gasteiger partial charge < -0.3 is 29.4 Å². The first-order valence-corrected chi connectivity index (χ1v) is 7.44. The fraction of sp³-hybridized carbons (Fsp3) is 0.438. The lowest BCUT2D eigenvalue weighted by molar-refractivity contribution is -0.212. The second-order valence-corrected chi connectivity index (χ2v) is 5.28. The van der Waals surface area contributed by atoms with Gasteiger partial charge in [0.15, 0.2) is 17.8 Å². The molecule has 2 aliphatic heterocycles. The Morgan fingerprint density at radius 1 is 1.30 bits per heavy atom. The Labute approximate surface area is 133 Å². The van der Waals surface area contributed by atoms with E-state index in [0.29, 0.717) is 36.0 Å². The molecule has 7 nitrogen and oxygen atoms in total. The molecule has 1 aromatic carbocycles. The van der Waals surface area contributed by atoms with Crippen molar-refractivity contribution >= 4 is 11.6 Å². The van der Waals surface area contributed by atoms with Crippen molar-refractivity contribution in [1.82, 2.24) is 5.32 Å². The first-order chi connectivity index (χ1) is 11.1. The van der Waals surface area contributed by atoms with Gasteiger partial charge in [0.1, 0.15) is 6.10 Å². The van der Waals surface area contributed by atoms with Crippen molar-refractivity contribution < 1.29 is 28.8 Å². The van der Waals surface area contributed by atoms with Gasteiger partial charge in [-0.15, -0.1) is 0 Å².